The van der Waals surface area contributed by atoms with Crippen LogP contribution in [0.5, 0.6) is 0 Å². The predicted molar refractivity (Wildman–Crippen MR) is 175 cm³/mol. The molecule has 4 N–H and O–H groups in total. The molecule has 3 unspecified atom stereocenters. The van der Waals surface area contributed by atoms with Gasteiger partial charge in [0, 0.05) is 48.8 Å². The van der Waals surface area contributed by atoms with Crippen molar-refractivity contribution in [3.8, 4) is 0 Å². The maximum Gasteiger partial charge on any atom is 0.263 e. The van der Waals surface area contributed by atoms with Crippen LogP contribution in [0, 0.1) is 0 Å². The van der Waals surface area contributed by atoms with Crippen molar-refractivity contribution in [2.45, 2.75) is 75.5 Å². The van der Waals surface area contributed by atoms with E-state index in [-0.39, 0.29) is 6.54 Å². The van der Waals surface area contributed by atoms with Gasteiger partial charge in [0.15, 0.2) is 0 Å². The number of rotatable bonds is 17. The minimum atomic E-state index is -3.79. The van der Waals surface area contributed by atoms with E-state index in [4.69, 9.17) is 4.84 Å². The van der Waals surface area contributed by atoms with Crippen molar-refractivity contribution in [1.82, 2.24) is 15.8 Å². The van der Waals surface area contributed by atoms with E-state index in [0.29, 0.717) is 25.2 Å². The molecule has 0 amide bonds. The van der Waals surface area contributed by atoms with E-state index in [0.717, 1.165) is 41.6 Å². The van der Waals surface area contributed by atoms with Crippen LogP contribution in [0.15, 0.2) is 78.0 Å². The van der Waals surface area contributed by atoms with Gasteiger partial charge in [0.05, 0.1) is 6.10 Å². The molecule has 0 saturated heterocycles. The first-order valence-electron chi connectivity index (χ1n) is 15.6. The lowest BCUT2D eigenvalue weighted by Gasteiger charge is -2.36. The number of aliphatic hydroxyl groups is 1. The summed E-state index contributed by atoms with van der Waals surface area (Å²) in [5, 5.41) is 12.8. The molecule has 2 aliphatic heterocycles. The van der Waals surface area contributed by atoms with Crippen LogP contribution in [0.4, 0.5) is 11.4 Å². The fourth-order valence-corrected chi connectivity index (χ4v) is 7.37. The number of hydrogen-bond donors (Lipinski definition) is 4. The second-order valence-electron chi connectivity index (χ2n) is 11.5. The molecule has 1 aromatic heterocycles. The maximum absolute atomic E-state index is 13.8. The Hall–Kier alpha value is -3.51. The van der Waals surface area contributed by atoms with Crippen LogP contribution in [-0.2, 0) is 21.3 Å². The van der Waals surface area contributed by atoms with Crippen LogP contribution in [0.3, 0.4) is 0 Å². The number of benzene rings is 2. The number of unbranched alkanes of at least 4 members (excludes halogenated alkanes) is 5. The van der Waals surface area contributed by atoms with Crippen LogP contribution in [0.25, 0.3) is 0 Å². The average molecular weight is 621 g/mol. The van der Waals surface area contributed by atoms with Gasteiger partial charge in [-0.15, -0.1) is 0 Å². The van der Waals surface area contributed by atoms with E-state index in [1.54, 1.807) is 36.9 Å². The standard InChI is InChI=1S/C33H44N6O4S/c1-2-3-4-5-6-9-19-33(36-25-37-43-33)39-24-32(29-12-7-8-13-30(29)39)44(41,42)38-28-16-14-26(15-17-28)18-21-35-23-31(40)27-11-10-20-34-22-27/h7-8,10-17,20,22,25,31-32,35,38,40H,2-6,9,18-19,21,23-24H2,1H3,(H,36,37). The van der Waals surface area contributed by atoms with Gasteiger partial charge >= 0.3 is 0 Å². The molecule has 3 atom stereocenters. The molecular formula is C33H44N6O4S. The van der Waals surface area contributed by atoms with Crippen molar-refractivity contribution in [1.29, 1.82) is 0 Å². The van der Waals surface area contributed by atoms with Crippen LogP contribution in [-0.4, -0.2) is 50.3 Å². The predicted octanol–water partition coefficient (Wildman–Crippen LogP) is 5.22. The highest BCUT2D eigenvalue weighted by Gasteiger charge is 2.49. The number of aromatic nitrogens is 1. The maximum atomic E-state index is 13.8. The second-order valence-corrected chi connectivity index (χ2v) is 13.4. The van der Waals surface area contributed by atoms with E-state index >= 15 is 0 Å². The van der Waals surface area contributed by atoms with Crippen molar-refractivity contribution < 1.29 is 18.4 Å². The first-order chi connectivity index (χ1) is 21.4. The number of pyridine rings is 1. The first-order valence-corrected chi connectivity index (χ1v) is 17.2. The summed E-state index contributed by atoms with van der Waals surface area (Å²) in [6.45, 7) is 3.55. The molecule has 0 radical (unpaired) electrons. The number of hydrogen-bond acceptors (Lipinski definition) is 9. The van der Waals surface area contributed by atoms with Crippen LogP contribution in [0.1, 0.15) is 79.9 Å². The van der Waals surface area contributed by atoms with Gasteiger partial charge in [-0.1, -0.05) is 75.4 Å². The quantitative estimate of drug-likeness (QED) is 0.151. The van der Waals surface area contributed by atoms with Crippen molar-refractivity contribution in [2.75, 3.05) is 29.3 Å². The van der Waals surface area contributed by atoms with Crippen LogP contribution in [0.2, 0.25) is 0 Å². The number of nitrogens with zero attached hydrogens (tertiary/aromatic N) is 3. The first kappa shape index (κ1) is 31.9. The summed E-state index contributed by atoms with van der Waals surface area (Å²) in [6, 6.07) is 18.7. The normalized spacial score (nSPS) is 20.0. The van der Waals surface area contributed by atoms with Gasteiger partial charge in [-0.3, -0.25) is 15.2 Å². The van der Waals surface area contributed by atoms with Gasteiger partial charge in [-0.05, 0) is 54.8 Å². The van der Waals surface area contributed by atoms with Crippen molar-refractivity contribution in [3.63, 3.8) is 0 Å². The fraction of sp³-hybridized carbons (Fsp3) is 0.455. The number of aliphatic hydroxyl groups excluding tert-OH is 1. The zero-order valence-electron chi connectivity index (χ0n) is 25.4. The third kappa shape index (κ3) is 7.76. The second kappa shape index (κ2) is 15.0. The third-order valence-electron chi connectivity index (χ3n) is 8.33. The van der Waals surface area contributed by atoms with E-state index in [9.17, 15) is 13.5 Å². The Kier molecular flexibility index (Phi) is 10.9. The largest absolute Gasteiger partial charge is 0.387 e. The Morgan fingerprint density at radius 1 is 1.07 bits per heavy atom. The van der Waals surface area contributed by atoms with Crippen molar-refractivity contribution >= 4 is 27.7 Å². The van der Waals surface area contributed by atoms with Gasteiger partial charge in [-0.25, -0.2) is 18.2 Å². The Morgan fingerprint density at radius 2 is 1.86 bits per heavy atom. The van der Waals surface area contributed by atoms with Crippen molar-refractivity contribution in [3.05, 3.63) is 89.7 Å². The average Bonchev–Trinajstić information content (AvgIpc) is 3.68. The van der Waals surface area contributed by atoms with Gasteiger partial charge in [0.2, 0.25) is 10.0 Å². The minimum Gasteiger partial charge on any atom is -0.387 e. The Bertz CT molecular complexity index is 1470. The number of para-hydroxylation sites is 1. The highest BCUT2D eigenvalue weighted by Crippen LogP contribution is 2.45. The molecule has 0 spiro atoms. The summed E-state index contributed by atoms with van der Waals surface area (Å²) in [7, 11) is -3.79. The molecular weight excluding hydrogens is 576 g/mol. The molecule has 0 bridgehead atoms. The Labute approximate surface area is 261 Å². The van der Waals surface area contributed by atoms with Gasteiger partial charge in [0.1, 0.15) is 11.6 Å². The zero-order valence-corrected chi connectivity index (χ0v) is 26.2. The summed E-state index contributed by atoms with van der Waals surface area (Å²) in [6.07, 6.45) is 12.5. The van der Waals surface area contributed by atoms with Crippen LogP contribution < -0.4 is 20.4 Å². The van der Waals surface area contributed by atoms with E-state index in [1.807, 2.05) is 47.4 Å². The molecule has 3 aromatic rings. The highest BCUT2D eigenvalue weighted by atomic mass is 32.2. The summed E-state index contributed by atoms with van der Waals surface area (Å²) in [5.41, 5.74) is 6.72. The molecule has 44 heavy (non-hydrogen) atoms. The Balaban J connectivity index is 1.19. The monoisotopic (exact) mass is 620 g/mol. The number of sulfonamides is 1. The molecule has 5 rings (SSSR count). The Morgan fingerprint density at radius 3 is 2.61 bits per heavy atom. The van der Waals surface area contributed by atoms with Gasteiger partial charge in [0.25, 0.3) is 5.85 Å². The number of fused-ring (bicyclic) bond motifs is 1. The van der Waals surface area contributed by atoms with Crippen molar-refractivity contribution in [2.24, 2.45) is 4.99 Å². The summed E-state index contributed by atoms with van der Waals surface area (Å²) < 4.78 is 30.4. The topological polar surface area (TPSA) is 128 Å². The lowest BCUT2D eigenvalue weighted by atomic mass is 10.1. The van der Waals surface area contributed by atoms with Crippen LogP contribution >= 0.6 is 0 Å². The van der Waals surface area contributed by atoms with Gasteiger partial charge < -0.3 is 15.3 Å². The number of nitrogens with one attached hydrogen (secondary N) is 3. The number of aliphatic imine (C=N–C) groups is 1. The zero-order chi connectivity index (χ0) is 30.8. The summed E-state index contributed by atoms with van der Waals surface area (Å²) in [5.74, 6) is -0.977. The van der Waals surface area contributed by atoms with E-state index in [1.165, 1.54) is 25.7 Å². The summed E-state index contributed by atoms with van der Waals surface area (Å²) in [4.78, 5) is 16.7. The highest BCUT2D eigenvalue weighted by molar-refractivity contribution is 7.93. The van der Waals surface area contributed by atoms with Gasteiger partial charge in [-0.2, -0.15) is 0 Å². The minimum absolute atomic E-state index is 0.234. The molecule has 10 nitrogen and oxygen atoms in total. The molecule has 0 fully saturated rings. The van der Waals surface area contributed by atoms with E-state index < -0.39 is 27.2 Å². The molecule has 2 aromatic carbocycles. The number of anilines is 2. The lowest BCUT2D eigenvalue weighted by Crippen LogP contribution is -2.49. The molecule has 0 aliphatic carbocycles. The van der Waals surface area contributed by atoms with E-state index in [2.05, 4.69) is 32.4 Å². The third-order valence-corrected chi connectivity index (χ3v) is 10.0. The SMILES string of the molecule is CCCCCCCCC1(N2CC(S(=O)(=O)Nc3ccc(CCNCC(O)c4cccnc4)cc3)c3ccccc32)N=CNO1. The molecule has 3 heterocycles. The summed E-state index contributed by atoms with van der Waals surface area (Å²) >= 11 is 0. The molecule has 0 saturated carbocycles. The fourth-order valence-electron chi connectivity index (χ4n) is 5.89. The lowest BCUT2D eigenvalue weighted by molar-refractivity contribution is -0.0611. The molecule has 2 aliphatic rings. The smallest absolute Gasteiger partial charge is 0.263 e. The number of hydroxylamine groups is 1. The molecule has 11 heteroatoms. The molecule has 236 valence electrons.